The summed E-state index contributed by atoms with van der Waals surface area (Å²) in [6.45, 7) is 60.8. The minimum atomic E-state index is -0.393. The molecule has 618 valence electrons. The number of piperazine rings is 1. The van der Waals surface area contributed by atoms with Crippen LogP contribution < -0.4 is 5.32 Å². The minimum absolute atomic E-state index is 0.0326. The molecular formula is C96H161N5O8. The first kappa shape index (κ1) is 109. The van der Waals surface area contributed by atoms with Crippen molar-refractivity contribution < 1.29 is 38.7 Å². The summed E-state index contributed by atoms with van der Waals surface area (Å²) in [5.41, 5.74) is 5.07. The van der Waals surface area contributed by atoms with Crippen LogP contribution in [0.3, 0.4) is 0 Å². The number of aliphatic hydroxyl groups is 1. The molecule has 0 bridgehead atoms. The number of anilines is 1. The number of Topliss-reactive ketones (excluding diaryl/α,β-unsaturated/α-hetero) is 6. The molecule has 3 aliphatic heterocycles. The first-order valence-corrected chi connectivity index (χ1v) is 42.2. The number of para-hydroxylation sites is 1. The number of nitrogens with one attached hydrogen (secondary N) is 1. The van der Waals surface area contributed by atoms with Crippen LogP contribution in [-0.2, 0) is 30.4 Å². The zero-order valence-corrected chi connectivity index (χ0v) is 73.7. The predicted molar refractivity (Wildman–Crippen MR) is 469 cm³/mol. The summed E-state index contributed by atoms with van der Waals surface area (Å²) in [5, 5.41) is 11.6. The molecule has 0 saturated carbocycles. The van der Waals surface area contributed by atoms with Gasteiger partial charge in [0, 0.05) is 124 Å². The molecule has 0 aliphatic carbocycles. The van der Waals surface area contributed by atoms with Crippen LogP contribution in [0.1, 0.15) is 287 Å². The summed E-state index contributed by atoms with van der Waals surface area (Å²) in [4.78, 5) is 89.6. The smallest absolute Gasteiger partial charge is 0.228 e. The number of piperidine rings is 2. The number of aliphatic hydroxyl groups excluding tert-OH is 1. The maximum atomic E-state index is 11.7. The molecule has 3 heterocycles. The summed E-state index contributed by atoms with van der Waals surface area (Å²) in [6, 6.07) is 49.1. The molecule has 0 radical (unpaired) electrons. The average molecular weight is 1510 g/mol. The lowest BCUT2D eigenvalue weighted by Gasteiger charge is -2.34. The van der Waals surface area contributed by atoms with Crippen LogP contribution >= 0.6 is 0 Å². The van der Waals surface area contributed by atoms with E-state index < -0.39 is 5.78 Å². The van der Waals surface area contributed by atoms with Gasteiger partial charge >= 0.3 is 0 Å². The second-order valence-electron chi connectivity index (χ2n) is 30.4. The van der Waals surface area contributed by atoms with Gasteiger partial charge in [-0.1, -0.05) is 344 Å². The second-order valence-corrected chi connectivity index (χ2v) is 30.4. The highest BCUT2D eigenvalue weighted by Gasteiger charge is 2.24. The molecule has 5 aromatic rings. The quantitative estimate of drug-likeness (QED) is 0.0444. The number of β-amino-alcohol motifs (C(OH)–C–C–N with tert-alkyl or cyclic N) is 1. The number of benzene rings is 5. The Hall–Kier alpha value is -6.61. The molecule has 3 saturated heterocycles. The number of carbonyl (C=O) groups excluding carboxylic acids is 7. The first-order valence-electron chi connectivity index (χ1n) is 42.2. The lowest BCUT2D eigenvalue weighted by atomic mass is 9.89. The number of amides is 1. The van der Waals surface area contributed by atoms with Crippen molar-refractivity contribution >= 4 is 46.3 Å². The number of hydrogen-bond donors (Lipinski definition) is 2. The molecule has 0 aromatic heterocycles. The van der Waals surface area contributed by atoms with Gasteiger partial charge in [-0.3, -0.25) is 38.5 Å². The maximum Gasteiger partial charge on any atom is 0.228 e. The topological polar surface area (TPSA) is 165 Å². The third-order valence-corrected chi connectivity index (χ3v) is 16.7. The Morgan fingerprint density at radius 3 is 0.982 bits per heavy atom. The van der Waals surface area contributed by atoms with Gasteiger partial charge in [0.15, 0.2) is 5.78 Å². The van der Waals surface area contributed by atoms with E-state index in [1.165, 1.54) is 81.8 Å². The van der Waals surface area contributed by atoms with E-state index in [-0.39, 0.29) is 59.6 Å². The zero-order chi connectivity index (χ0) is 83.3. The van der Waals surface area contributed by atoms with Crippen LogP contribution in [0, 0.1) is 41.4 Å². The van der Waals surface area contributed by atoms with Crippen LogP contribution in [-0.4, -0.2) is 150 Å². The van der Waals surface area contributed by atoms with E-state index in [1.54, 1.807) is 38.1 Å². The highest BCUT2D eigenvalue weighted by atomic mass is 16.3. The van der Waals surface area contributed by atoms with Crippen molar-refractivity contribution in [2.24, 2.45) is 41.4 Å². The van der Waals surface area contributed by atoms with Crippen molar-refractivity contribution in [1.82, 2.24) is 19.6 Å². The summed E-state index contributed by atoms with van der Waals surface area (Å²) in [5.74, 6) is 2.65. The van der Waals surface area contributed by atoms with E-state index in [0.717, 1.165) is 102 Å². The Morgan fingerprint density at radius 1 is 0.358 bits per heavy atom. The summed E-state index contributed by atoms with van der Waals surface area (Å²) < 4.78 is 0. The predicted octanol–water partition coefficient (Wildman–Crippen LogP) is 22.6. The molecule has 0 spiro atoms. The van der Waals surface area contributed by atoms with Crippen molar-refractivity contribution in [3.8, 4) is 0 Å². The third kappa shape index (κ3) is 59.8. The Balaban J connectivity index is -0.000000585. The van der Waals surface area contributed by atoms with Gasteiger partial charge in [0.2, 0.25) is 17.5 Å². The number of nitrogens with zero attached hydrogens (tertiary/aromatic N) is 4. The van der Waals surface area contributed by atoms with E-state index in [9.17, 15) is 33.6 Å². The van der Waals surface area contributed by atoms with Gasteiger partial charge in [-0.25, -0.2) is 0 Å². The molecule has 3 aliphatic rings. The van der Waals surface area contributed by atoms with Gasteiger partial charge in [-0.2, -0.15) is 0 Å². The summed E-state index contributed by atoms with van der Waals surface area (Å²) >= 11 is 0. The molecule has 109 heavy (non-hydrogen) atoms. The molecule has 0 unspecified atom stereocenters. The van der Waals surface area contributed by atoms with Crippen molar-refractivity contribution in [1.29, 1.82) is 0 Å². The van der Waals surface area contributed by atoms with Gasteiger partial charge < -0.3 is 25.1 Å². The largest absolute Gasteiger partial charge is 0.395 e. The van der Waals surface area contributed by atoms with Crippen molar-refractivity contribution in [3.63, 3.8) is 0 Å². The first-order chi connectivity index (χ1) is 52.0. The van der Waals surface area contributed by atoms with Gasteiger partial charge in [-0.15, -0.1) is 0 Å². The number of rotatable bonds is 24. The van der Waals surface area contributed by atoms with Crippen LogP contribution in [0.2, 0.25) is 0 Å². The van der Waals surface area contributed by atoms with E-state index in [2.05, 4.69) is 169 Å². The molecule has 1 amide bonds. The molecule has 8 rings (SSSR count). The van der Waals surface area contributed by atoms with Gasteiger partial charge in [-0.05, 0) is 93.4 Å². The standard InChI is InChI=1S/C18H27NO.C17H25NO.C12H24N2O2.C11H12O2.C10H13NO.C10H12O.6C3H8/c1-15(2)18(20)10-13-19-11-8-17(9-12-19)14-16-6-4-3-5-7-16;1-14(2)17(19)10-13-18-11-8-16(9-12-18)15-6-4-3-5-7-15;1-11(2)12(16)3-4-13-5-7-14(8-6-13)9-10-15;1-8(2)10(12)11(13)9-6-4-3-5-7-9;1-8(2)10(12)11-9-6-4-3-5-7-9;1-8(2)10(11)9-6-4-3-5-7-9;6*1-3-2/h3-7,15,17H,8-14H2,1-2H3;3-7,14,16H,8-13H2,1-2H3;11,15H,3-10H2,1-2H3;3-8H,1-2H3;3-8H,1-2H3,(H,11,12);3-8H,1-2H3;6*3H2,1-2H3. The second kappa shape index (κ2) is 72.9. The lowest BCUT2D eigenvalue weighted by Crippen LogP contribution is -2.47. The fourth-order valence-corrected chi connectivity index (χ4v) is 10.4. The normalized spacial score (nSPS) is 13.5. The molecule has 3 fully saturated rings. The summed E-state index contributed by atoms with van der Waals surface area (Å²) in [6.07, 6.45) is 15.8. The Kier molecular flexibility index (Phi) is 72.7. The molecular weight excluding hydrogens is 1350 g/mol. The van der Waals surface area contributed by atoms with Crippen molar-refractivity contribution in [2.75, 3.05) is 90.5 Å². The van der Waals surface area contributed by atoms with E-state index >= 15 is 0 Å². The number of hydrogen-bond acceptors (Lipinski definition) is 12. The van der Waals surface area contributed by atoms with Crippen molar-refractivity contribution in [3.05, 3.63) is 174 Å². The van der Waals surface area contributed by atoms with Gasteiger partial charge in [0.1, 0.15) is 17.3 Å². The molecule has 5 aromatic carbocycles. The number of ketones is 6. The fourth-order valence-electron chi connectivity index (χ4n) is 10.4. The van der Waals surface area contributed by atoms with Crippen LogP contribution in [0.25, 0.3) is 0 Å². The van der Waals surface area contributed by atoms with E-state index in [1.807, 2.05) is 136 Å². The van der Waals surface area contributed by atoms with Crippen LogP contribution in [0.15, 0.2) is 152 Å². The fraction of sp³-hybridized carbons (Fsp3) is 0.615. The molecule has 0 atom stereocenters. The lowest BCUT2D eigenvalue weighted by molar-refractivity contribution is -0.123. The van der Waals surface area contributed by atoms with Crippen LogP contribution in [0.5, 0.6) is 0 Å². The van der Waals surface area contributed by atoms with E-state index in [4.69, 9.17) is 5.11 Å². The third-order valence-electron chi connectivity index (χ3n) is 16.7. The highest BCUT2D eigenvalue weighted by Crippen LogP contribution is 2.28. The Labute approximate surface area is 668 Å². The van der Waals surface area contributed by atoms with Gasteiger partial charge in [0.25, 0.3) is 0 Å². The summed E-state index contributed by atoms with van der Waals surface area (Å²) in [7, 11) is 0. The molecule has 13 nitrogen and oxygen atoms in total. The zero-order valence-electron chi connectivity index (χ0n) is 73.7. The molecule has 13 heteroatoms. The monoisotopic (exact) mass is 1510 g/mol. The Bertz CT molecular complexity index is 2900. The minimum Gasteiger partial charge on any atom is -0.395 e. The van der Waals surface area contributed by atoms with E-state index in [0.29, 0.717) is 41.7 Å². The van der Waals surface area contributed by atoms with Crippen molar-refractivity contribution in [2.45, 2.75) is 262 Å². The number of likely N-dealkylation sites (tertiary alicyclic amines) is 2. The Morgan fingerprint density at radius 2 is 0.661 bits per heavy atom. The molecule has 2 N–H and O–H groups in total. The van der Waals surface area contributed by atoms with Crippen LogP contribution in [0.4, 0.5) is 5.69 Å². The van der Waals surface area contributed by atoms with Gasteiger partial charge in [0.05, 0.1) is 6.61 Å². The maximum absolute atomic E-state index is 11.7. The number of carbonyl (C=O) groups is 7. The highest BCUT2D eigenvalue weighted by molar-refractivity contribution is 6.44. The average Bonchev–Trinajstić information content (AvgIpc) is 0.865. The SMILES string of the molecule is CC(C)C(=O)C(=O)c1ccccc1.CC(C)C(=O)CCN1CCC(Cc2ccccc2)CC1.CC(C)C(=O)CCN1CCC(c2ccccc2)CC1.CC(C)C(=O)CCN1CCN(CCO)CC1.CC(C)C(=O)Nc1ccccc1.CC(C)C(=O)c1ccccc1.CCC.CCC.CCC.CCC.CCC.CCC.